The number of fused-ring (bicyclic) bond motifs is 1. The highest BCUT2D eigenvalue weighted by Gasteiger charge is 2.30. The highest BCUT2D eigenvalue weighted by Crippen LogP contribution is 2.30. The van der Waals surface area contributed by atoms with Crippen LogP contribution < -0.4 is 5.32 Å². The van der Waals surface area contributed by atoms with Crippen LogP contribution in [0.25, 0.3) is 16.3 Å². The number of halogens is 3. The van der Waals surface area contributed by atoms with Crippen LogP contribution in [-0.4, -0.2) is 31.5 Å². The fourth-order valence-corrected chi connectivity index (χ4v) is 3.87. The average molecular weight is 435 g/mol. The molecule has 4 rings (SSSR count). The summed E-state index contributed by atoms with van der Waals surface area (Å²) in [5.41, 5.74) is -0.150. The number of anilines is 1. The predicted octanol–water partition coefficient (Wildman–Crippen LogP) is 4.60. The molecule has 6 nitrogen and oxygen atoms in total. The number of thiophene rings is 1. The molecule has 0 atom stereocenters. The van der Waals surface area contributed by atoms with Crippen molar-refractivity contribution in [2.45, 2.75) is 11.2 Å². The van der Waals surface area contributed by atoms with Crippen molar-refractivity contribution in [3.63, 3.8) is 0 Å². The minimum Gasteiger partial charge on any atom is -0.325 e. The van der Waals surface area contributed by atoms with Crippen LogP contribution in [0.3, 0.4) is 0 Å². The monoisotopic (exact) mass is 435 g/mol. The zero-order valence-corrected chi connectivity index (χ0v) is 16.2. The highest BCUT2D eigenvalue weighted by atomic mass is 32.2. The average Bonchev–Trinajstić information content (AvgIpc) is 3.35. The van der Waals surface area contributed by atoms with Gasteiger partial charge in [-0.2, -0.15) is 22.8 Å². The van der Waals surface area contributed by atoms with Crippen molar-refractivity contribution in [1.29, 1.82) is 0 Å². The molecule has 29 heavy (non-hydrogen) atoms. The first-order valence-corrected chi connectivity index (χ1v) is 10.1. The first kappa shape index (κ1) is 19.4. The quantitative estimate of drug-likeness (QED) is 0.464. The van der Waals surface area contributed by atoms with Crippen molar-refractivity contribution in [3.8, 4) is 10.7 Å². The largest absolute Gasteiger partial charge is 0.416 e. The first-order valence-electron chi connectivity index (χ1n) is 8.26. The fourth-order valence-electron chi connectivity index (χ4n) is 2.52. The zero-order chi connectivity index (χ0) is 20.4. The van der Waals surface area contributed by atoms with E-state index in [0.717, 1.165) is 28.8 Å². The van der Waals surface area contributed by atoms with E-state index in [-0.39, 0.29) is 11.4 Å². The van der Waals surface area contributed by atoms with Gasteiger partial charge in [-0.15, -0.1) is 21.5 Å². The number of nitrogens with zero attached hydrogens (tertiary/aromatic N) is 4. The normalized spacial score (nSPS) is 11.7. The van der Waals surface area contributed by atoms with Crippen molar-refractivity contribution >= 4 is 40.3 Å². The molecule has 0 aliphatic carbocycles. The second kappa shape index (κ2) is 7.84. The zero-order valence-electron chi connectivity index (χ0n) is 14.6. The summed E-state index contributed by atoms with van der Waals surface area (Å²) in [7, 11) is 0. The molecule has 0 fully saturated rings. The van der Waals surface area contributed by atoms with Crippen molar-refractivity contribution in [2.24, 2.45) is 0 Å². The lowest BCUT2D eigenvalue weighted by Gasteiger charge is -2.09. The van der Waals surface area contributed by atoms with Crippen molar-refractivity contribution in [3.05, 3.63) is 59.5 Å². The van der Waals surface area contributed by atoms with E-state index in [1.54, 1.807) is 16.6 Å². The van der Waals surface area contributed by atoms with Crippen LogP contribution in [0.1, 0.15) is 5.56 Å². The number of alkyl halides is 3. The number of amides is 1. The summed E-state index contributed by atoms with van der Waals surface area (Å²) in [4.78, 5) is 13.1. The van der Waals surface area contributed by atoms with Crippen LogP contribution in [0, 0.1) is 0 Å². The predicted molar refractivity (Wildman–Crippen MR) is 105 cm³/mol. The number of carbonyl (C=O) groups excluding carboxylic acids is 1. The summed E-state index contributed by atoms with van der Waals surface area (Å²) in [6, 6.07) is 11.8. The number of benzene rings is 1. The number of thioether (sulfide) groups is 1. The van der Waals surface area contributed by atoms with E-state index in [0.29, 0.717) is 16.5 Å². The fraction of sp³-hybridized carbons (Fsp3) is 0.111. The lowest BCUT2D eigenvalue weighted by atomic mass is 10.2. The summed E-state index contributed by atoms with van der Waals surface area (Å²) in [6.07, 6.45) is -4.46. The van der Waals surface area contributed by atoms with Crippen molar-refractivity contribution in [1.82, 2.24) is 19.8 Å². The van der Waals surface area contributed by atoms with Crippen LogP contribution >= 0.6 is 23.1 Å². The summed E-state index contributed by atoms with van der Waals surface area (Å²) in [5.74, 6) is 0.162. The summed E-state index contributed by atoms with van der Waals surface area (Å²) in [6.45, 7) is 0. The minimum absolute atomic E-state index is 0.00872. The highest BCUT2D eigenvalue weighted by molar-refractivity contribution is 7.99. The summed E-state index contributed by atoms with van der Waals surface area (Å²) in [5, 5.41) is 17.6. The molecule has 11 heteroatoms. The Morgan fingerprint density at radius 3 is 2.76 bits per heavy atom. The van der Waals surface area contributed by atoms with Crippen LogP contribution in [0.4, 0.5) is 18.9 Å². The molecular weight excluding hydrogens is 423 g/mol. The number of nitrogens with one attached hydrogen (secondary N) is 1. The van der Waals surface area contributed by atoms with Crippen LogP contribution in [0.2, 0.25) is 0 Å². The van der Waals surface area contributed by atoms with Crippen LogP contribution in [0.15, 0.2) is 58.9 Å². The molecule has 0 unspecified atom stereocenters. The molecule has 0 saturated heterocycles. The summed E-state index contributed by atoms with van der Waals surface area (Å²) < 4.78 is 39.9. The van der Waals surface area contributed by atoms with Gasteiger partial charge in [0.1, 0.15) is 5.03 Å². The van der Waals surface area contributed by atoms with Gasteiger partial charge in [0.15, 0.2) is 11.5 Å². The molecule has 1 N–H and O–H groups in total. The SMILES string of the molecule is O=C(CSc1ccc2nnc(-c3cccs3)n2n1)Nc1cccc(C(F)(F)F)c1. The maximum atomic E-state index is 12.8. The molecule has 0 radical (unpaired) electrons. The van der Waals surface area contributed by atoms with Gasteiger partial charge in [-0.25, -0.2) is 0 Å². The topological polar surface area (TPSA) is 72.2 Å². The molecule has 1 amide bonds. The molecule has 4 aromatic rings. The van der Waals surface area contributed by atoms with E-state index in [1.165, 1.54) is 23.5 Å². The van der Waals surface area contributed by atoms with Gasteiger partial charge in [-0.05, 0) is 41.8 Å². The van der Waals surface area contributed by atoms with Gasteiger partial charge in [-0.3, -0.25) is 4.79 Å². The molecule has 0 aliphatic heterocycles. The van der Waals surface area contributed by atoms with Gasteiger partial charge in [0.2, 0.25) is 5.91 Å². The van der Waals surface area contributed by atoms with Gasteiger partial charge >= 0.3 is 6.18 Å². The van der Waals surface area contributed by atoms with E-state index in [9.17, 15) is 18.0 Å². The van der Waals surface area contributed by atoms with Crippen molar-refractivity contribution in [2.75, 3.05) is 11.1 Å². The maximum Gasteiger partial charge on any atom is 0.416 e. The third-order valence-corrected chi connectivity index (χ3v) is 5.59. The number of rotatable bonds is 5. The number of carbonyl (C=O) groups is 1. The third-order valence-electron chi connectivity index (χ3n) is 3.80. The van der Waals surface area contributed by atoms with Crippen molar-refractivity contribution < 1.29 is 18.0 Å². The lowest BCUT2D eigenvalue weighted by molar-refractivity contribution is -0.137. The van der Waals surface area contributed by atoms with Crippen LogP contribution in [-0.2, 0) is 11.0 Å². The van der Waals surface area contributed by atoms with Gasteiger partial charge < -0.3 is 5.32 Å². The van der Waals surface area contributed by atoms with Crippen LogP contribution in [0.5, 0.6) is 0 Å². The Hall–Kier alpha value is -2.92. The van der Waals surface area contributed by atoms with Gasteiger partial charge in [0.25, 0.3) is 0 Å². The van der Waals surface area contributed by atoms with Gasteiger partial charge in [0.05, 0.1) is 16.2 Å². The standard InChI is InChI=1S/C18H12F3N5OS2/c19-18(20,21)11-3-1-4-12(9-11)22-15(27)10-29-16-7-6-14-23-24-17(26(14)25-16)13-5-2-8-28-13/h1-9H,10H2,(H,22,27). The first-order chi connectivity index (χ1) is 13.9. The smallest absolute Gasteiger partial charge is 0.325 e. The molecule has 0 saturated carbocycles. The molecular formula is C18H12F3N5OS2. The Morgan fingerprint density at radius 2 is 2.00 bits per heavy atom. The third kappa shape index (κ3) is 4.40. The maximum absolute atomic E-state index is 12.8. The Balaban J connectivity index is 1.44. The molecule has 3 aromatic heterocycles. The van der Waals surface area contributed by atoms with Gasteiger partial charge in [-0.1, -0.05) is 23.9 Å². The second-order valence-electron chi connectivity index (χ2n) is 5.86. The van der Waals surface area contributed by atoms with E-state index >= 15 is 0 Å². The lowest BCUT2D eigenvalue weighted by Crippen LogP contribution is -2.15. The molecule has 0 bridgehead atoms. The second-order valence-corrected chi connectivity index (χ2v) is 7.80. The minimum atomic E-state index is -4.46. The number of hydrogen-bond donors (Lipinski definition) is 1. The van der Waals surface area contributed by atoms with E-state index < -0.39 is 17.6 Å². The van der Waals surface area contributed by atoms with E-state index in [2.05, 4.69) is 20.6 Å². The molecule has 148 valence electrons. The Kier molecular flexibility index (Phi) is 5.24. The summed E-state index contributed by atoms with van der Waals surface area (Å²) >= 11 is 2.67. The molecule has 0 spiro atoms. The Morgan fingerprint density at radius 1 is 1.14 bits per heavy atom. The Labute approximate surface area is 170 Å². The number of aromatic nitrogens is 4. The molecule has 0 aliphatic rings. The van der Waals surface area contributed by atoms with E-state index in [1.807, 2.05) is 17.5 Å². The molecule has 1 aromatic carbocycles. The van der Waals surface area contributed by atoms with E-state index in [4.69, 9.17) is 0 Å². The molecule has 3 heterocycles. The number of hydrogen-bond acceptors (Lipinski definition) is 6. The van der Waals surface area contributed by atoms with Gasteiger partial charge in [0, 0.05) is 5.69 Å². The Bertz CT molecular complexity index is 1160.